The lowest BCUT2D eigenvalue weighted by Crippen LogP contribution is -2.03. The van der Waals surface area contributed by atoms with E-state index in [2.05, 4.69) is 14.9 Å². The lowest BCUT2D eigenvalue weighted by Gasteiger charge is -2.06. The van der Waals surface area contributed by atoms with Crippen molar-refractivity contribution in [3.8, 4) is 17.0 Å². The fraction of sp³-hybridized carbons (Fsp3) is 0.0833. The van der Waals surface area contributed by atoms with Gasteiger partial charge >= 0.3 is 11.9 Å². The molecule has 7 nitrogen and oxygen atoms in total. The molecule has 0 radical (unpaired) electrons. The molecular formula is C12H9FN2O5. The molecule has 3 N–H and O–H groups in total. The number of H-pyrrole nitrogens is 1. The molecule has 1 aromatic carbocycles. The van der Waals surface area contributed by atoms with Gasteiger partial charge in [0.15, 0.2) is 11.6 Å². The van der Waals surface area contributed by atoms with Crippen molar-refractivity contribution in [1.82, 2.24) is 10.2 Å². The van der Waals surface area contributed by atoms with Crippen molar-refractivity contribution >= 4 is 11.9 Å². The van der Waals surface area contributed by atoms with Gasteiger partial charge in [-0.1, -0.05) is 0 Å². The number of carbonyl (C=O) groups excluding carboxylic acids is 1. The number of aromatic hydroxyl groups is 1. The van der Waals surface area contributed by atoms with E-state index >= 15 is 0 Å². The average Bonchev–Trinajstić information content (AvgIpc) is 2.90. The van der Waals surface area contributed by atoms with Gasteiger partial charge in [-0.25, -0.2) is 14.0 Å². The Hall–Kier alpha value is -2.90. The summed E-state index contributed by atoms with van der Waals surface area (Å²) in [5.74, 6) is -4.02. The number of nitrogens with one attached hydrogen (secondary N) is 1. The zero-order chi connectivity index (χ0) is 14.9. The number of esters is 1. The number of halogens is 1. The molecular weight excluding hydrogens is 271 g/mol. The summed E-state index contributed by atoms with van der Waals surface area (Å²) in [4.78, 5) is 22.1. The standard InChI is InChI=1S/C12H9FN2O5/c1-20-12(19)6-2-5(3-7(13)10(6)16)8-4-9(11(17)18)15-14-8/h2-4,16H,1H3,(H,14,15)(H,17,18). The lowest BCUT2D eigenvalue weighted by molar-refractivity contribution is 0.0595. The zero-order valence-corrected chi connectivity index (χ0v) is 10.2. The van der Waals surface area contributed by atoms with Gasteiger partial charge in [-0.15, -0.1) is 0 Å². The second-order valence-electron chi connectivity index (χ2n) is 3.82. The summed E-state index contributed by atoms with van der Waals surface area (Å²) in [6.45, 7) is 0. The van der Waals surface area contributed by atoms with Crippen LogP contribution in [0.3, 0.4) is 0 Å². The van der Waals surface area contributed by atoms with Crippen LogP contribution in [0.15, 0.2) is 18.2 Å². The molecule has 0 aliphatic carbocycles. The number of aromatic nitrogens is 2. The summed E-state index contributed by atoms with van der Waals surface area (Å²) in [6.07, 6.45) is 0. The van der Waals surface area contributed by atoms with Crippen LogP contribution < -0.4 is 0 Å². The number of carboxylic acid groups (broad SMARTS) is 1. The number of rotatable bonds is 3. The molecule has 104 valence electrons. The van der Waals surface area contributed by atoms with Gasteiger partial charge < -0.3 is 14.9 Å². The van der Waals surface area contributed by atoms with E-state index in [0.29, 0.717) is 0 Å². The second-order valence-corrected chi connectivity index (χ2v) is 3.82. The number of aromatic carboxylic acids is 1. The summed E-state index contributed by atoms with van der Waals surface area (Å²) in [5, 5.41) is 24.2. The van der Waals surface area contributed by atoms with E-state index in [0.717, 1.165) is 19.2 Å². The van der Waals surface area contributed by atoms with Crippen LogP contribution >= 0.6 is 0 Å². The Kier molecular flexibility index (Phi) is 3.38. The predicted octanol–water partition coefficient (Wildman–Crippen LogP) is 1.41. The number of phenolic OH excluding ortho intramolecular Hbond substituents is 1. The van der Waals surface area contributed by atoms with E-state index in [4.69, 9.17) is 5.11 Å². The number of ether oxygens (including phenoxy) is 1. The Morgan fingerprint density at radius 2 is 2.05 bits per heavy atom. The summed E-state index contributed by atoms with van der Waals surface area (Å²) in [7, 11) is 1.09. The maximum atomic E-state index is 13.6. The maximum Gasteiger partial charge on any atom is 0.353 e. The quantitative estimate of drug-likeness (QED) is 0.733. The van der Waals surface area contributed by atoms with Crippen LogP contribution in [0.4, 0.5) is 4.39 Å². The molecule has 0 unspecified atom stereocenters. The van der Waals surface area contributed by atoms with Crippen molar-refractivity contribution in [2.45, 2.75) is 0 Å². The van der Waals surface area contributed by atoms with Gasteiger partial charge in [-0.3, -0.25) is 5.10 Å². The van der Waals surface area contributed by atoms with Crippen molar-refractivity contribution in [2.75, 3.05) is 7.11 Å². The Balaban J connectivity index is 2.54. The Labute approximate surface area is 111 Å². The van der Waals surface area contributed by atoms with Gasteiger partial charge in [-0.05, 0) is 18.2 Å². The van der Waals surface area contributed by atoms with E-state index in [1.54, 1.807) is 0 Å². The Morgan fingerprint density at radius 3 is 2.60 bits per heavy atom. The van der Waals surface area contributed by atoms with E-state index in [-0.39, 0.29) is 22.5 Å². The molecule has 0 saturated heterocycles. The Bertz CT molecular complexity index is 695. The molecule has 1 aromatic heterocycles. The first-order valence-electron chi connectivity index (χ1n) is 5.34. The molecule has 0 atom stereocenters. The number of nitrogens with zero attached hydrogens (tertiary/aromatic N) is 1. The highest BCUT2D eigenvalue weighted by Gasteiger charge is 2.19. The number of carbonyl (C=O) groups is 2. The number of carboxylic acids is 1. The van der Waals surface area contributed by atoms with Crippen molar-refractivity contribution in [2.24, 2.45) is 0 Å². The minimum absolute atomic E-state index is 0.117. The molecule has 0 aliphatic heterocycles. The molecule has 0 saturated carbocycles. The fourth-order valence-corrected chi connectivity index (χ4v) is 1.59. The number of hydrogen-bond donors (Lipinski definition) is 3. The van der Waals surface area contributed by atoms with Gasteiger partial charge in [0.05, 0.1) is 12.8 Å². The number of aromatic amines is 1. The lowest BCUT2D eigenvalue weighted by atomic mass is 10.1. The normalized spacial score (nSPS) is 10.3. The molecule has 0 fully saturated rings. The first-order valence-corrected chi connectivity index (χ1v) is 5.34. The van der Waals surface area contributed by atoms with Gasteiger partial charge in [0.25, 0.3) is 0 Å². The highest BCUT2D eigenvalue weighted by Crippen LogP contribution is 2.29. The monoisotopic (exact) mass is 280 g/mol. The van der Waals surface area contributed by atoms with Crippen LogP contribution in [0.5, 0.6) is 5.75 Å². The van der Waals surface area contributed by atoms with E-state index in [9.17, 15) is 19.1 Å². The van der Waals surface area contributed by atoms with Gasteiger partial charge in [0.1, 0.15) is 11.3 Å². The van der Waals surface area contributed by atoms with E-state index in [1.165, 1.54) is 6.07 Å². The largest absolute Gasteiger partial charge is 0.504 e. The molecule has 0 spiro atoms. The molecule has 2 rings (SSSR count). The molecule has 1 heterocycles. The highest BCUT2D eigenvalue weighted by molar-refractivity contribution is 5.94. The first kappa shape index (κ1) is 13.5. The van der Waals surface area contributed by atoms with Crippen LogP contribution in [-0.2, 0) is 4.74 Å². The van der Waals surface area contributed by atoms with Crippen LogP contribution in [-0.4, -0.2) is 39.5 Å². The third kappa shape index (κ3) is 2.30. The SMILES string of the molecule is COC(=O)c1cc(-c2cc(C(=O)O)[nH]n2)cc(F)c1O. The first-order chi connectivity index (χ1) is 9.43. The topological polar surface area (TPSA) is 113 Å². The molecule has 0 bridgehead atoms. The van der Waals surface area contributed by atoms with E-state index in [1.807, 2.05) is 0 Å². The molecule has 0 aliphatic rings. The summed E-state index contributed by atoms with van der Waals surface area (Å²) >= 11 is 0. The van der Waals surface area contributed by atoms with Gasteiger partial charge in [0, 0.05) is 5.56 Å². The van der Waals surface area contributed by atoms with Crippen molar-refractivity contribution in [3.05, 3.63) is 35.3 Å². The fourth-order valence-electron chi connectivity index (χ4n) is 1.59. The summed E-state index contributed by atoms with van der Waals surface area (Å²) in [5.41, 5.74) is -0.314. The second kappa shape index (κ2) is 5.00. The number of phenols is 1. The van der Waals surface area contributed by atoms with Gasteiger partial charge in [-0.2, -0.15) is 5.10 Å². The van der Waals surface area contributed by atoms with Crippen LogP contribution in [0.25, 0.3) is 11.3 Å². The van der Waals surface area contributed by atoms with Gasteiger partial charge in [0.2, 0.25) is 0 Å². The summed E-state index contributed by atoms with van der Waals surface area (Å²) < 4.78 is 18.0. The van der Waals surface area contributed by atoms with Crippen molar-refractivity contribution in [3.63, 3.8) is 0 Å². The molecule has 2 aromatic rings. The van der Waals surface area contributed by atoms with Crippen LogP contribution in [0, 0.1) is 5.82 Å². The molecule has 20 heavy (non-hydrogen) atoms. The minimum Gasteiger partial charge on any atom is -0.504 e. The average molecular weight is 280 g/mol. The molecule has 8 heteroatoms. The molecule has 0 amide bonds. The van der Waals surface area contributed by atoms with E-state index < -0.39 is 23.5 Å². The smallest absolute Gasteiger partial charge is 0.353 e. The van der Waals surface area contributed by atoms with Crippen molar-refractivity contribution < 1.29 is 28.9 Å². The maximum absolute atomic E-state index is 13.6. The highest BCUT2D eigenvalue weighted by atomic mass is 19.1. The predicted molar refractivity (Wildman–Crippen MR) is 63.9 cm³/mol. The Morgan fingerprint density at radius 1 is 1.35 bits per heavy atom. The third-order valence-corrected chi connectivity index (χ3v) is 2.57. The minimum atomic E-state index is -1.23. The number of methoxy groups -OCH3 is 1. The van der Waals surface area contributed by atoms with Crippen LogP contribution in [0.2, 0.25) is 0 Å². The number of hydrogen-bond acceptors (Lipinski definition) is 5. The third-order valence-electron chi connectivity index (χ3n) is 2.57. The summed E-state index contributed by atoms with van der Waals surface area (Å²) in [6, 6.07) is 3.27. The van der Waals surface area contributed by atoms with Crippen molar-refractivity contribution in [1.29, 1.82) is 0 Å². The van der Waals surface area contributed by atoms with Crippen LogP contribution in [0.1, 0.15) is 20.8 Å². The zero-order valence-electron chi connectivity index (χ0n) is 10.2. The number of benzene rings is 1.